The van der Waals surface area contributed by atoms with E-state index >= 15 is 0 Å². The molecule has 0 aliphatic heterocycles. The molecule has 0 spiro atoms. The summed E-state index contributed by atoms with van der Waals surface area (Å²) in [4.78, 5) is 4.68. The highest BCUT2D eigenvalue weighted by molar-refractivity contribution is 14.0. The maximum atomic E-state index is 9.16. The van der Waals surface area contributed by atoms with Crippen LogP contribution in [0.1, 0.15) is 51.5 Å². The number of aliphatic imine (C=N–C) groups is 1. The highest BCUT2D eigenvalue weighted by Crippen LogP contribution is 2.11. The van der Waals surface area contributed by atoms with Crippen LogP contribution in [0.3, 0.4) is 0 Å². The summed E-state index contributed by atoms with van der Waals surface area (Å²) in [6.07, 6.45) is 5.15. The Morgan fingerprint density at radius 3 is 2.56 bits per heavy atom. The average Bonchev–Trinajstić information content (AvgIpc) is 2.66. The van der Waals surface area contributed by atoms with Crippen molar-refractivity contribution in [3.63, 3.8) is 0 Å². The molecule has 0 amide bonds. The quantitative estimate of drug-likeness (QED) is 0.160. The molecule has 0 aliphatic rings. The molecule has 0 radical (unpaired) electrons. The predicted octanol–water partition coefficient (Wildman–Crippen LogP) is 3.96. The van der Waals surface area contributed by atoms with Gasteiger partial charge in [0.1, 0.15) is 0 Å². The molecular weight excluding hydrogens is 453 g/mol. The number of ether oxygens (including phenoxy) is 1. The number of unbranched alkanes of at least 4 members (excludes halogenated alkanes) is 1. The van der Waals surface area contributed by atoms with Gasteiger partial charge in [-0.2, -0.15) is 0 Å². The minimum atomic E-state index is 0. The number of benzene rings is 1. The van der Waals surface area contributed by atoms with E-state index in [1.165, 1.54) is 5.56 Å². The molecule has 3 N–H and O–H groups in total. The summed E-state index contributed by atoms with van der Waals surface area (Å²) in [6.45, 7) is 8.46. The van der Waals surface area contributed by atoms with E-state index in [1.54, 1.807) is 0 Å². The van der Waals surface area contributed by atoms with Gasteiger partial charge in [-0.3, -0.25) is 4.99 Å². The maximum absolute atomic E-state index is 9.16. The van der Waals surface area contributed by atoms with Crippen LogP contribution in [0, 0.1) is 5.92 Å². The lowest BCUT2D eigenvalue weighted by Gasteiger charge is -2.15. The number of hydrogen-bond acceptors (Lipinski definition) is 3. The van der Waals surface area contributed by atoms with Crippen LogP contribution in [0.25, 0.3) is 0 Å². The number of aliphatic hydroxyl groups is 1. The normalized spacial score (nSPS) is 12.3. The molecule has 1 rings (SSSR count). The van der Waals surface area contributed by atoms with Crippen LogP contribution < -0.4 is 10.6 Å². The lowest BCUT2D eigenvalue weighted by molar-refractivity contribution is 0.117. The molecule has 156 valence electrons. The molecule has 0 aliphatic carbocycles. The first-order valence-corrected chi connectivity index (χ1v) is 10.0. The minimum Gasteiger partial charge on any atom is -0.396 e. The maximum Gasteiger partial charge on any atom is 0.191 e. The number of guanidine groups is 1. The molecule has 6 heteroatoms. The fraction of sp³-hybridized carbons (Fsp3) is 0.667. The van der Waals surface area contributed by atoms with E-state index in [0.29, 0.717) is 12.5 Å². The second kappa shape index (κ2) is 18.5. The molecule has 1 aromatic rings. The zero-order valence-electron chi connectivity index (χ0n) is 17.0. The third-order valence-corrected chi connectivity index (χ3v) is 4.21. The standard InChI is InChI=1S/C21H37N3O2.HI/c1-3-10-19(13-15-25)17-24-21(22-4-2)23-14-8-9-16-26-18-20-11-6-5-7-12-20;/h5-7,11-12,19,25H,3-4,8-10,13-18H2,1-2H3,(H2,22,23,24);1H. The molecule has 0 saturated carbocycles. The second-order valence-electron chi connectivity index (χ2n) is 6.56. The summed E-state index contributed by atoms with van der Waals surface area (Å²) >= 11 is 0. The molecule has 0 fully saturated rings. The van der Waals surface area contributed by atoms with Crippen LogP contribution in [-0.4, -0.2) is 43.9 Å². The number of nitrogens with one attached hydrogen (secondary N) is 2. The fourth-order valence-corrected chi connectivity index (χ4v) is 2.78. The van der Waals surface area contributed by atoms with E-state index in [0.717, 1.165) is 64.3 Å². The van der Waals surface area contributed by atoms with Crippen molar-refractivity contribution in [3.8, 4) is 0 Å². The number of hydrogen-bond donors (Lipinski definition) is 3. The van der Waals surface area contributed by atoms with Crippen molar-refractivity contribution < 1.29 is 9.84 Å². The van der Waals surface area contributed by atoms with Crippen molar-refractivity contribution in [3.05, 3.63) is 35.9 Å². The molecule has 27 heavy (non-hydrogen) atoms. The second-order valence-corrected chi connectivity index (χ2v) is 6.56. The molecule has 1 atom stereocenters. The van der Waals surface area contributed by atoms with Gasteiger partial charge in [0.25, 0.3) is 0 Å². The van der Waals surface area contributed by atoms with Crippen molar-refractivity contribution in [2.45, 2.75) is 52.6 Å². The Balaban J connectivity index is 0.00000676. The van der Waals surface area contributed by atoms with E-state index in [4.69, 9.17) is 9.84 Å². The van der Waals surface area contributed by atoms with E-state index in [9.17, 15) is 0 Å². The number of aliphatic hydroxyl groups excluding tert-OH is 1. The predicted molar refractivity (Wildman–Crippen MR) is 125 cm³/mol. The van der Waals surface area contributed by atoms with Gasteiger partial charge in [-0.05, 0) is 44.1 Å². The summed E-state index contributed by atoms with van der Waals surface area (Å²) in [5.41, 5.74) is 1.22. The van der Waals surface area contributed by atoms with Gasteiger partial charge < -0.3 is 20.5 Å². The first-order valence-electron chi connectivity index (χ1n) is 10.0. The van der Waals surface area contributed by atoms with Crippen LogP contribution in [0.2, 0.25) is 0 Å². The Labute approximate surface area is 182 Å². The highest BCUT2D eigenvalue weighted by Gasteiger charge is 2.07. The van der Waals surface area contributed by atoms with Crippen molar-refractivity contribution in [1.29, 1.82) is 0 Å². The van der Waals surface area contributed by atoms with Crippen molar-refractivity contribution in [2.24, 2.45) is 10.9 Å². The monoisotopic (exact) mass is 491 g/mol. The molecule has 0 aromatic heterocycles. The largest absolute Gasteiger partial charge is 0.396 e. The lowest BCUT2D eigenvalue weighted by atomic mass is 10.0. The van der Waals surface area contributed by atoms with Gasteiger partial charge in [0, 0.05) is 32.8 Å². The fourth-order valence-electron chi connectivity index (χ4n) is 2.78. The summed E-state index contributed by atoms with van der Waals surface area (Å²) in [6, 6.07) is 10.3. The highest BCUT2D eigenvalue weighted by atomic mass is 127. The van der Waals surface area contributed by atoms with E-state index in [2.05, 4.69) is 41.6 Å². The smallest absolute Gasteiger partial charge is 0.191 e. The van der Waals surface area contributed by atoms with Crippen LogP contribution in [0.15, 0.2) is 35.3 Å². The molecule has 5 nitrogen and oxygen atoms in total. The Morgan fingerprint density at radius 2 is 1.89 bits per heavy atom. The van der Waals surface area contributed by atoms with Crippen molar-refractivity contribution in [1.82, 2.24) is 10.6 Å². The summed E-state index contributed by atoms with van der Waals surface area (Å²) in [5, 5.41) is 15.8. The van der Waals surface area contributed by atoms with Gasteiger partial charge in [0.05, 0.1) is 6.61 Å². The van der Waals surface area contributed by atoms with Gasteiger partial charge in [-0.25, -0.2) is 0 Å². The molecule has 0 heterocycles. The van der Waals surface area contributed by atoms with Crippen molar-refractivity contribution >= 4 is 29.9 Å². The average molecular weight is 491 g/mol. The summed E-state index contributed by atoms with van der Waals surface area (Å²) in [7, 11) is 0. The molecule has 1 aromatic carbocycles. The summed E-state index contributed by atoms with van der Waals surface area (Å²) in [5.74, 6) is 1.34. The Hall–Kier alpha value is -0.860. The zero-order chi connectivity index (χ0) is 18.9. The topological polar surface area (TPSA) is 65.9 Å². The van der Waals surface area contributed by atoms with Gasteiger partial charge in [0.2, 0.25) is 0 Å². The Morgan fingerprint density at radius 1 is 1.11 bits per heavy atom. The van der Waals surface area contributed by atoms with E-state index < -0.39 is 0 Å². The number of rotatable bonds is 14. The minimum absolute atomic E-state index is 0. The lowest BCUT2D eigenvalue weighted by Crippen LogP contribution is -2.38. The third-order valence-electron chi connectivity index (χ3n) is 4.21. The Kier molecular flexibility index (Phi) is 17.9. The first kappa shape index (κ1) is 26.1. The summed E-state index contributed by atoms with van der Waals surface area (Å²) < 4.78 is 5.71. The number of nitrogens with zero attached hydrogens (tertiary/aromatic N) is 1. The number of halogens is 1. The van der Waals surface area contributed by atoms with Gasteiger partial charge >= 0.3 is 0 Å². The van der Waals surface area contributed by atoms with Crippen LogP contribution in [0.4, 0.5) is 0 Å². The van der Waals surface area contributed by atoms with Crippen LogP contribution in [0.5, 0.6) is 0 Å². The van der Waals surface area contributed by atoms with Gasteiger partial charge in [0.15, 0.2) is 5.96 Å². The molecule has 0 saturated heterocycles. The SMILES string of the molecule is CCCC(CCO)CN=C(NCC)NCCCCOCc1ccccc1.I. The third kappa shape index (κ3) is 13.9. The van der Waals surface area contributed by atoms with Crippen LogP contribution in [-0.2, 0) is 11.3 Å². The molecule has 0 bridgehead atoms. The zero-order valence-corrected chi connectivity index (χ0v) is 19.3. The van der Waals surface area contributed by atoms with Gasteiger partial charge in [-0.1, -0.05) is 43.7 Å². The van der Waals surface area contributed by atoms with Crippen LogP contribution >= 0.6 is 24.0 Å². The van der Waals surface area contributed by atoms with E-state index in [-0.39, 0.29) is 30.6 Å². The Bertz CT molecular complexity index is 466. The van der Waals surface area contributed by atoms with Gasteiger partial charge in [-0.15, -0.1) is 24.0 Å². The van der Waals surface area contributed by atoms with E-state index in [1.807, 2.05) is 18.2 Å². The molecule has 1 unspecified atom stereocenters. The first-order chi connectivity index (χ1) is 12.8. The molecular formula is C21H38IN3O2. The van der Waals surface area contributed by atoms with Crippen molar-refractivity contribution in [2.75, 3.05) is 32.8 Å².